The molecule has 17 heavy (non-hydrogen) atoms. The normalized spacial score (nSPS) is 13.3. The molecule has 0 bridgehead atoms. The van der Waals surface area contributed by atoms with Crippen molar-refractivity contribution < 1.29 is 28.7 Å². The van der Waals surface area contributed by atoms with Crippen molar-refractivity contribution in [3.05, 3.63) is 0 Å². The Morgan fingerprint density at radius 3 is 2.06 bits per heavy atom. The van der Waals surface area contributed by atoms with E-state index < -0.39 is 18.2 Å². The molecule has 0 aliphatic carbocycles. The van der Waals surface area contributed by atoms with Crippen LogP contribution in [0.4, 0.5) is 4.79 Å². The number of likely N-dealkylation sites (N-methyl/N-ethyl adjacent to an activating group) is 1. The first-order valence-electron chi connectivity index (χ1n) is 5.47. The van der Waals surface area contributed by atoms with Crippen LogP contribution in [0.2, 0.25) is 0 Å². The molecular weight excluding hydrogens is 226 g/mol. The van der Waals surface area contributed by atoms with Crippen molar-refractivity contribution in [1.29, 1.82) is 0 Å². The van der Waals surface area contributed by atoms with Crippen LogP contribution in [0, 0.1) is 0 Å². The number of hydrogen-bond acceptors (Lipinski definition) is 5. The lowest BCUT2D eigenvalue weighted by Crippen LogP contribution is -2.45. The van der Waals surface area contributed by atoms with E-state index in [1.54, 1.807) is 13.8 Å². The molecule has 0 saturated carbocycles. The van der Waals surface area contributed by atoms with Gasteiger partial charge in [-0.2, -0.15) is 0 Å². The van der Waals surface area contributed by atoms with Crippen LogP contribution in [0.15, 0.2) is 0 Å². The molecule has 0 N–H and O–H groups in total. The lowest BCUT2D eigenvalue weighted by atomic mass is 10.2. The van der Waals surface area contributed by atoms with E-state index >= 15 is 0 Å². The van der Waals surface area contributed by atoms with Crippen LogP contribution in [0.25, 0.3) is 0 Å². The number of aliphatic carboxylic acids is 1. The fourth-order valence-corrected chi connectivity index (χ4v) is 1.30. The fourth-order valence-electron chi connectivity index (χ4n) is 1.30. The largest absolute Gasteiger partial charge is 0.550 e. The third kappa shape index (κ3) is 9.62. The number of quaternary nitrogens is 1. The number of carbonyl (C=O) groups excluding carboxylic acids is 2. The van der Waals surface area contributed by atoms with E-state index in [9.17, 15) is 14.7 Å². The molecule has 0 aromatic rings. The molecule has 0 aromatic carbocycles. The van der Waals surface area contributed by atoms with Gasteiger partial charge in [-0.3, -0.25) is 0 Å². The number of carboxylic acid groups (broad SMARTS) is 1. The second-order valence-corrected chi connectivity index (χ2v) is 5.21. The number of ether oxygens (including phenoxy) is 2. The third-order valence-electron chi connectivity index (χ3n) is 1.74. The third-order valence-corrected chi connectivity index (χ3v) is 1.74. The Labute approximate surface area is 102 Å². The summed E-state index contributed by atoms with van der Waals surface area (Å²) in [5, 5.41) is 10.5. The first-order chi connectivity index (χ1) is 7.60. The molecule has 0 saturated heterocycles. The average Bonchev–Trinajstić information content (AvgIpc) is 1.95. The van der Waals surface area contributed by atoms with Gasteiger partial charge in [0.15, 0.2) is 6.10 Å². The Kier molecular flexibility index (Phi) is 5.95. The van der Waals surface area contributed by atoms with E-state index in [-0.39, 0.29) is 12.5 Å². The average molecular weight is 247 g/mol. The second kappa shape index (κ2) is 6.44. The SMILES string of the molecule is CC(C)OC(=O)OC(CC(=O)[O-])C[N+](C)(C)C. The monoisotopic (exact) mass is 247 g/mol. The summed E-state index contributed by atoms with van der Waals surface area (Å²) in [4.78, 5) is 21.8. The van der Waals surface area contributed by atoms with Gasteiger partial charge in [-0.1, -0.05) is 0 Å². The van der Waals surface area contributed by atoms with Gasteiger partial charge in [-0.05, 0) is 13.8 Å². The zero-order chi connectivity index (χ0) is 13.6. The van der Waals surface area contributed by atoms with Crippen molar-refractivity contribution in [3.8, 4) is 0 Å². The topological polar surface area (TPSA) is 75.7 Å². The van der Waals surface area contributed by atoms with E-state index in [0.29, 0.717) is 11.0 Å². The smallest absolute Gasteiger partial charge is 0.509 e. The van der Waals surface area contributed by atoms with Gasteiger partial charge in [0.25, 0.3) is 0 Å². The molecule has 6 heteroatoms. The maximum absolute atomic E-state index is 11.3. The van der Waals surface area contributed by atoms with E-state index in [4.69, 9.17) is 9.47 Å². The quantitative estimate of drug-likeness (QED) is 0.478. The summed E-state index contributed by atoms with van der Waals surface area (Å²) in [7, 11) is 5.62. The van der Waals surface area contributed by atoms with Crippen LogP contribution in [0.5, 0.6) is 0 Å². The Morgan fingerprint density at radius 1 is 1.18 bits per heavy atom. The van der Waals surface area contributed by atoms with E-state index in [1.807, 2.05) is 21.1 Å². The number of carbonyl (C=O) groups is 2. The summed E-state index contributed by atoms with van der Waals surface area (Å²) in [5.41, 5.74) is 0. The van der Waals surface area contributed by atoms with Gasteiger partial charge < -0.3 is 23.9 Å². The minimum atomic E-state index is -1.25. The van der Waals surface area contributed by atoms with Crippen LogP contribution < -0.4 is 5.11 Å². The lowest BCUT2D eigenvalue weighted by Gasteiger charge is -2.29. The summed E-state index contributed by atoms with van der Waals surface area (Å²) < 4.78 is 10.2. The van der Waals surface area contributed by atoms with Gasteiger partial charge in [-0.15, -0.1) is 0 Å². The predicted molar refractivity (Wildman–Crippen MR) is 59.0 cm³/mol. The van der Waals surface area contributed by atoms with Gasteiger partial charge >= 0.3 is 6.16 Å². The van der Waals surface area contributed by atoms with E-state index in [1.165, 1.54) is 0 Å². The molecule has 100 valence electrons. The van der Waals surface area contributed by atoms with E-state index in [0.717, 1.165) is 0 Å². The van der Waals surface area contributed by atoms with Crippen molar-refractivity contribution in [2.45, 2.75) is 32.5 Å². The predicted octanol–water partition coefficient (Wildman–Crippen LogP) is -0.237. The summed E-state index contributed by atoms with van der Waals surface area (Å²) in [6.45, 7) is 3.75. The van der Waals surface area contributed by atoms with Crippen molar-refractivity contribution in [3.63, 3.8) is 0 Å². The zero-order valence-corrected chi connectivity index (χ0v) is 11.1. The highest BCUT2D eigenvalue weighted by molar-refractivity contribution is 5.66. The Morgan fingerprint density at radius 2 is 1.71 bits per heavy atom. The minimum absolute atomic E-state index is 0.296. The number of rotatable bonds is 6. The molecule has 0 rings (SSSR count). The Hall–Kier alpha value is -1.30. The van der Waals surface area contributed by atoms with Crippen LogP contribution in [0.3, 0.4) is 0 Å². The molecule has 0 aromatic heterocycles. The minimum Gasteiger partial charge on any atom is -0.550 e. The highest BCUT2D eigenvalue weighted by Crippen LogP contribution is 2.06. The van der Waals surface area contributed by atoms with Crippen molar-refractivity contribution in [2.24, 2.45) is 0 Å². The molecule has 0 radical (unpaired) electrons. The van der Waals surface area contributed by atoms with Gasteiger partial charge in [0, 0.05) is 12.4 Å². The second-order valence-electron chi connectivity index (χ2n) is 5.21. The molecule has 0 aliphatic rings. The number of hydrogen-bond donors (Lipinski definition) is 0. The highest BCUT2D eigenvalue weighted by atomic mass is 16.7. The molecule has 0 fully saturated rings. The molecule has 0 heterocycles. The standard InChI is InChI=1S/C11H21NO5/c1-8(2)16-11(15)17-9(6-10(13)14)7-12(3,4)5/h8-9H,6-7H2,1-5H3. The molecule has 0 aliphatic heterocycles. The zero-order valence-electron chi connectivity index (χ0n) is 11.1. The Bertz CT molecular complexity index is 270. The summed E-state index contributed by atoms with van der Waals surface area (Å²) in [6, 6.07) is 0. The summed E-state index contributed by atoms with van der Waals surface area (Å²) >= 11 is 0. The fraction of sp³-hybridized carbons (Fsp3) is 0.818. The van der Waals surface area contributed by atoms with Gasteiger partial charge in [0.2, 0.25) is 0 Å². The number of carboxylic acids is 1. The van der Waals surface area contributed by atoms with Gasteiger partial charge in [0.05, 0.1) is 27.2 Å². The molecule has 6 nitrogen and oxygen atoms in total. The maximum atomic E-state index is 11.3. The van der Waals surface area contributed by atoms with Crippen LogP contribution in [0.1, 0.15) is 20.3 Å². The molecular formula is C11H21NO5. The van der Waals surface area contributed by atoms with Gasteiger partial charge in [-0.25, -0.2) is 4.79 Å². The van der Waals surface area contributed by atoms with Crippen LogP contribution in [-0.4, -0.2) is 56.5 Å². The molecule has 1 unspecified atom stereocenters. The number of nitrogens with zero attached hydrogens (tertiary/aromatic N) is 1. The molecule has 1 atom stereocenters. The Balaban J connectivity index is 4.38. The maximum Gasteiger partial charge on any atom is 0.509 e. The van der Waals surface area contributed by atoms with Crippen molar-refractivity contribution in [2.75, 3.05) is 27.7 Å². The summed E-state index contributed by atoms with van der Waals surface area (Å²) in [6.07, 6.45) is -2.22. The first kappa shape index (κ1) is 15.7. The summed E-state index contributed by atoms with van der Waals surface area (Å²) in [5.74, 6) is -1.25. The van der Waals surface area contributed by atoms with E-state index in [2.05, 4.69) is 0 Å². The first-order valence-corrected chi connectivity index (χ1v) is 5.47. The highest BCUT2D eigenvalue weighted by Gasteiger charge is 2.23. The van der Waals surface area contributed by atoms with Crippen LogP contribution in [-0.2, 0) is 14.3 Å². The molecule has 0 amide bonds. The van der Waals surface area contributed by atoms with Gasteiger partial charge in [0.1, 0.15) is 6.54 Å². The van der Waals surface area contributed by atoms with Crippen molar-refractivity contribution in [1.82, 2.24) is 0 Å². The lowest BCUT2D eigenvalue weighted by molar-refractivity contribution is -0.873. The van der Waals surface area contributed by atoms with Crippen LogP contribution >= 0.6 is 0 Å². The molecule has 0 spiro atoms. The van der Waals surface area contributed by atoms with Crippen molar-refractivity contribution >= 4 is 12.1 Å².